The molecule has 0 radical (unpaired) electrons. The third-order valence-corrected chi connectivity index (χ3v) is 6.63. The number of rotatable bonds is 4. The summed E-state index contributed by atoms with van der Waals surface area (Å²) in [4.78, 5) is 14.4. The number of benzene rings is 2. The fraction of sp³-hybridized carbons (Fsp3) is 0.350. The van der Waals surface area contributed by atoms with E-state index in [2.05, 4.69) is 0 Å². The van der Waals surface area contributed by atoms with Crippen molar-refractivity contribution in [2.45, 2.75) is 19.3 Å². The van der Waals surface area contributed by atoms with Gasteiger partial charge < -0.3 is 4.90 Å². The van der Waals surface area contributed by atoms with E-state index in [4.69, 9.17) is 0 Å². The molecule has 2 aromatic rings. The molecule has 0 bridgehead atoms. The van der Waals surface area contributed by atoms with Crippen LogP contribution in [0.3, 0.4) is 0 Å². The van der Waals surface area contributed by atoms with E-state index in [0.29, 0.717) is 6.42 Å². The van der Waals surface area contributed by atoms with Crippen LogP contribution in [0.1, 0.15) is 19.3 Å². The molecule has 1 atom stereocenters. The maximum atomic E-state index is 12.7. The van der Waals surface area contributed by atoms with E-state index < -0.39 is 9.84 Å². The van der Waals surface area contributed by atoms with Gasteiger partial charge in [-0.2, -0.15) is 0 Å². The number of anilines is 1. The Bertz CT molecular complexity index is 846. The minimum Gasteiger partial charge on any atom is -0.315 e. The predicted octanol–water partition coefficient (Wildman–Crippen LogP) is 3.53. The Labute approximate surface area is 149 Å². The predicted molar refractivity (Wildman–Crippen MR) is 101 cm³/mol. The molecule has 0 spiro atoms. The average molecular weight is 357 g/mol. The summed E-state index contributed by atoms with van der Waals surface area (Å²) < 4.78 is 23.6. The van der Waals surface area contributed by atoms with Crippen LogP contribution in [-0.4, -0.2) is 32.9 Å². The molecule has 1 aliphatic rings. The summed E-state index contributed by atoms with van der Waals surface area (Å²) in [7, 11) is -1.22. The van der Waals surface area contributed by atoms with Crippen molar-refractivity contribution in [1.29, 1.82) is 0 Å². The smallest absolute Gasteiger partial charge is 0.227 e. The van der Waals surface area contributed by atoms with E-state index in [9.17, 15) is 13.2 Å². The zero-order valence-electron chi connectivity index (χ0n) is 14.4. The van der Waals surface area contributed by atoms with Crippen molar-refractivity contribution >= 4 is 21.4 Å². The number of carbonyl (C=O) groups is 1. The normalized spacial score (nSPS) is 19.3. The molecule has 1 amide bonds. The molecule has 0 aliphatic carbocycles. The largest absolute Gasteiger partial charge is 0.315 e. The van der Waals surface area contributed by atoms with Crippen LogP contribution in [0.4, 0.5) is 5.69 Å². The number of hydrogen-bond donors (Lipinski definition) is 0. The van der Waals surface area contributed by atoms with Crippen LogP contribution in [0.25, 0.3) is 11.1 Å². The minimum atomic E-state index is -2.99. The summed E-state index contributed by atoms with van der Waals surface area (Å²) in [5, 5.41) is 0. The van der Waals surface area contributed by atoms with Crippen molar-refractivity contribution in [1.82, 2.24) is 0 Å². The van der Waals surface area contributed by atoms with Gasteiger partial charge in [-0.05, 0) is 30.4 Å². The number of carbonyl (C=O) groups excluding carboxylic acids is 1. The summed E-state index contributed by atoms with van der Waals surface area (Å²) in [5.74, 6) is 0.278. The van der Waals surface area contributed by atoms with Crippen LogP contribution in [-0.2, 0) is 14.6 Å². The van der Waals surface area contributed by atoms with Crippen LogP contribution in [0.15, 0.2) is 54.6 Å². The van der Waals surface area contributed by atoms with Gasteiger partial charge in [-0.1, -0.05) is 48.5 Å². The van der Waals surface area contributed by atoms with Gasteiger partial charge >= 0.3 is 0 Å². The molecule has 132 valence electrons. The maximum Gasteiger partial charge on any atom is 0.227 e. The van der Waals surface area contributed by atoms with Crippen molar-refractivity contribution in [2.75, 3.05) is 23.5 Å². The van der Waals surface area contributed by atoms with Gasteiger partial charge in [0.15, 0.2) is 9.84 Å². The first-order chi connectivity index (χ1) is 12.0. The molecule has 1 unspecified atom stereocenters. The van der Waals surface area contributed by atoms with E-state index in [-0.39, 0.29) is 29.8 Å². The van der Waals surface area contributed by atoms with Crippen molar-refractivity contribution in [3.05, 3.63) is 54.6 Å². The van der Waals surface area contributed by atoms with Crippen LogP contribution >= 0.6 is 0 Å². The van der Waals surface area contributed by atoms with E-state index in [1.807, 2.05) is 54.6 Å². The minimum absolute atomic E-state index is 0.0366. The Morgan fingerprint density at radius 3 is 2.48 bits per heavy atom. The molecular weight excluding hydrogens is 334 g/mol. The van der Waals surface area contributed by atoms with Crippen LogP contribution in [0, 0.1) is 5.92 Å². The highest BCUT2D eigenvalue weighted by atomic mass is 32.2. The fourth-order valence-electron chi connectivity index (χ4n) is 3.42. The summed E-state index contributed by atoms with van der Waals surface area (Å²) in [6, 6.07) is 17.7. The Balaban J connectivity index is 1.79. The van der Waals surface area contributed by atoms with Crippen molar-refractivity contribution in [2.24, 2.45) is 5.92 Å². The second-order valence-electron chi connectivity index (χ2n) is 6.66. The molecule has 3 rings (SSSR count). The lowest BCUT2D eigenvalue weighted by molar-refractivity contribution is -0.119. The monoisotopic (exact) mass is 357 g/mol. The second-order valence-corrected chi connectivity index (χ2v) is 8.89. The third-order valence-electron chi connectivity index (χ3n) is 4.74. The van der Waals surface area contributed by atoms with E-state index in [1.54, 1.807) is 11.9 Å². The first-order valence-corrected chi connectivity index (χ1v) is 10.4. The van der Waals surface area contributed by atoms with Gasteiger partial charge in [-0.3, -0.25) is 4.79 Å². The number of amides is 1. The molecule has 1 aliphatic heterocycles. The Hall–Kier alpha value is -2.14. The first-order valence-electron chi connectivity index (χ1n) is 8.58. The molecule has 1 saturated heterocycles. The molecule has 4 nitrogen and oxygen atoms in total. The zero-order valence-corrected chi connectivity index (χ0v) is 15.2. The lowest BCUT2D eigenvalue weighted by atomic mass is 9.99. The summed E-state index contributed by atoms with van der Waals surface area (Å²) in [6.07, 6.45) is 1.74. The molecule has 0 N–H and O–H groups in total. The van der Waals surface area contributed by atoms with Crippen molar-refractivity contribution in [3.63, 3.8) is 0 Å². The Kier molecular flexibility index (Phi) is 5.23. The quantitative estimate of drug-likeness (QED) is 0.841. The van der Waals surface area contributed by atoms with Crippen molar-refractivity contribution in [3.8, 4) is 11.1 Å². The molecule has 0 aromatic heterocycles. The van der Waals surface area contributed by atoms with Gasteiger partial charge in [0.1, 0.15) is 0 Å². The van der Waals surface area contributed by atoms with Gasteiger partial charge in [0.2, 0.25) is 5.91 Å². The molecule has 0 saturated carbocycles. The molecule has 1 fully saturated rings. The lowest BCUT2D eigenvalue weighted by Crippen LogP contribution is -2.33. The topological polar surface area (TPSA) is 54.5 Å². The van der Waals surface area contributed by atoms with Crippen LogP contribution < -0.4 is 4.90 Å². The SMILES string of the molecule is CN(C(=O)CC1CCCS(=O)(=O)C1)c1ccccc1-c1ccccc1. The van der Waals surface area contributed by atoms with Gasteiger partial charge in [0.05, 0.1) is 17.2 Å². The van der Waals surface area contributed by atoms with E-state index >= 15 is 0 Å². The first kappa shape index (κ1) is 17.7. The Morgan fingerprint density at radius 1 is 1.08 bits per heavy atom. The van der Waals surface area contributed by atoms with Gasteiger partial charge in [0, 0.05) is 19.0 Å². The fourth-order valence-corrected chi connectivity index (χ4v) is 5.20. The molecule has 2 aromatic carbocycles. The van der Waals surface area contributed by atoms with E-state index in [0.717, 1.165) is 23.2 Å². The molecule has 25 heavy (non-hydrogen) atoms. The Morgan fingerprint density at radius 2 is 1.76 bits per heavy atom. The molecular formula is C20H23NO3S. The highest BCUT2D eigenvalue weighted by Gasteiger charge is 2.28. The summed E-state index contributed by atoms with van der Waals surface area (Å²) in [6.45, 7) is 0. The molecule has 1 heterocycles. The highest BCUT2D eigenvalue weighted by Crippen LogP contribution is 2.31. The third kappa shape index (κ3) is 4.28. The van der Waals surface area contributed by atoms with Gasteiger partial charge in [-0.25, -0.2) is 8.42 Å². The molecule has 5 heteroatoms. The van der Waals surface area contributed by atoms with Crippen LogP contribution in [0.5, 0.6) is 0 Å². The number of nitrogens with zero attached hydrogens (tertiary/aromatic N) is 1. The second kappa shape index (κ2) is 7.40. The summed E-state index contributed by atoms with van der Waals surface area (Å²) in [5.41, 5.74) is 2.89. The number of hydrogen-bond acceptors (Lipinski definition) is 3. The average Bonchev–Trinajstić information content (AvgIpc) is 2.61. The summed E-state index contributed by atoms with van der Waals surface area (Å²) >= 11 is 0. The van der Waals surface area contributed by atoms with Crippen LogP contribution in [0.2, 0.25) is 0 Å². The maximum absolute atomic E-state index is 12.7. The van der Waals surface area contributed by atoms with Gasteiger partial charge in [-0.15, -0.1) is 0 Å². The standard InChI is InChI=1S/C20H23NO3S/c1-21(20(22)14-16-8-7-13-25(23,24)15-16)19-12-6-5-11-18(19)17-9-3-2-4-10-17/h2-6,9-12,16H,7-8,13-15H2,1H3. The number of sulfone groups is 1. The van der Waals surface area contributed by atoms with Crippen molar-refractivity contribution < 1.29 is 13.2 Å². The van der Waals surface area contributed by atoms with Gasteiger partial charge in [0.25, 0.3) is 0 Å². The highest BCUT2D eigenvalue weighted by molar-refractivity contribution is 7.91. The number of para-hydroxylation sites is 1. The zero-order chi connectivity index (χ0) is 17.9. The lowest BCUT2D eigenvalue weighted by Gasteiger charge is -2.25. The van der Waals surface area contributed by atoms with E-state index in [1.165, 1.54) is 0 Å².